The molecule has 1 aromatic heterocycles. The highest BCUT2D eigenvalue weighted by atomic mass is 79.9. The largest absolute Gasteiger partial charge is 0.472 e. The first-order valence-corrected chi connectivity index (χ1v) is 7.70. The number of halogens is 1. The van der Waals surface area contributed by atoms with E-state index in [4.69, 9.17) is 9.52 Å². The summed E-state index contributed by atoms with van der Waals surface area (Å²) in [7, 11) is -3.65. The average molecular weight is 346 g/mol. The molecule has 2 N–H and O–H groups in total. The van der Waals surface area contributed by atoms with Gasteiger partial charge in [0.2, 0.25) is 10.0 Å². The summed E-state index contributed by atoms with van der Waals surface area (Å²) in [4.78, 5) is 0.0996. The number of nitrogens with one attached hydrogen (secondary N) is 1. The minimum absolute atomic E-state index is 0.0996. The van der Waals surface area contributed by atoms with Crippen molar-refractivity contribution in [2.75, 3.05) is 0 Å². The number of furan rings is 1. The van der Waals surface area contributed by atoms with Gasteiger partial charge in [0.05, 0.1) is 24.0 Å². The number of sulfonamides is 1. The Morgan fingerprint density at radius 1 is 1.26 bits per heavy atom. The van der Waals surface area contributed by atoms with Crippen molar-refractivity contribution in [1.29, 1.82) is 0 Å². The predicted molar refractivity (Wildman–Crippen MR) is 72.8 cm³/mol. The van der Waals surface area contributed by atoms with E-state index in [9.17, 15) is 8.42 Å². The molecular weight excluding hydrogens is 334 g/mol. The second-order valence-electron chi connectivity index (χ2n) is 3.88. The van der Waals surface area contributed by atoms with E-state index in [-0.39, 0.29) is 18.0 Å². The Balaban J connectivity index is 2.23. The third kappa shape index (κ3) is 3.44. The zero-order chi connectivity index (χ0) is 13.9. The molecule has 0 radical (unpaired) electrons. The van der Waals surface area contributed by atoms with Crippen molar-refractivity contribution in [2.24, 2.45) is 0 Å². The average Bonchev–Trinajstić information content (AvgIpc) is 2.90. The lowest BCUT2D eigenvalue weighted by molar-refractivity contribution is 0.281. The van der Waals surface area contributed by atoms with Crippen molar-refractivity contribution in [3.8, 4) is 0 Å². The number of aliphatic hydroxyl groups excluding tert-OH is 1. The van der Waals surface area contributed by atoms with Gasteiger partial charge in [0.15, 0.2) is 0 Å². The lowest BCUT2D eigenvalue weighted by Gasteiger charge is -2.09. The van der Waals surface area contributed by atoms with Crippen molar-refractivity contribution in [2.45, 2.75) is 18.0 Å². The summed E-state index contributed by atoms with van der Waals surface area (Å²) in [5.41, 5.74) is 1.27. The maximum atomic E-state index is 12.2. The fourth-order valence-electron chi connectivity index (χ4n) is 1.50. The molecular formula is C12H12BrNO4S. The summed E-state index contributed by atoms with van der Waals surface area (Å²) in [5, 5.41) is 9.06. The van der Waals surface area contributed by atoms with E-state index in [1.807, 2.05) is 0 Å². The summed E-state index contributed by atoms with van der Waals surface area (Å²) in [6, 6.07) is 6.36. The topological polar surface area (TPSA) is 79.5 Å². The van der Waals surface area contributed by atoms with Crippen molar-refractivity contribution >= 4 is 26.0 Å². The molecule has 19 heavy (non-hydrogen) atoms. The fourth-order valence-corrected chi connectivity index (χ4v) is 3.53. The highest BCUT2D eigenvalue weighted by Gasteiger charge is 2.18. The van der Waals surface area contributed by atoms with Gasteiger partial charge in [-0.2, -0.15) is 0 Å². The van der Waals surface area contributed by atoms with Crippen LogP contribution in [0.4, 0.5) is 0 Å². The van der Waals surface area contributed by atoms with E-state index >= 15 is 0 Å². The number of rotatable bonds is 5. The van der Waals surface area contributed by atoms with Crippen LogP contribution in [0.5, 0.6) is 0 Å². The molecule has 0 amide bonds. The van der Waals surface area contributed by atoms with E-state index < -0.39 is 10.0 Å². The van der Waals surface area contributed by atoms with Crippen LogP contribution < -0.4 is 4.72 Å². The number of hydrogen-bond donors (Lipinski definition) is 2. The van der Waals surface area contributed by atoms with Gasteiger partial charge in [0.25, 0.3) is 0 Å². The van der Waals surface area contributed by atoms with E-state index in [2.05, 4.69) is 20.7 Å². The van der Waals surface area contributed by atoms with Gasteiger partial charge in [-0.3, -0.25) is 0 Å². The molecule has 7 heteroatoms. The molecule has 2 aromatic rings. The first-order valence-electron chi connectivity index (χ1n) is 5.43. The Morgan fingerprint density at radius 3 is 2.68 bits per heavy atom. The van der Waals surface area contributed by atoms with Gasteiger partial charge in [-0.1, -0.05) is 6.07 Å². The lowest BCUT2D eigenvalue weighted by atomic mass is 10.2. The van der Waals surface area contributed by atoms with Crippen LogP contribution in [0.15, 0.2) is 50.6 Å². The summed E-state index contributed by atoms with van der Waals surface area (Å²) in [5.74, 6) is 0. The Morgan fingerprint density at radius 2 is 2.05 bits per heavy atom. The third-order valence-corrected chi connectivity index (χ3v) is 4.91. The van der Waals surface area contributed by atoms with Gasteiger partial charge in [-0.15, -0.1) is 0 Å². The normalized spacial score (nSPS) is 11.7. The summed E-state index contributed by atoms with van der Waals surface area (Å²) >= 11 is 3.19. The van der Waals surface area contributed by atoms with Crippen LogP contribution in [0.25, 0.3) is 0 Å². The maximum Gasteiger partial charge on any atom is 0.242 e. The zero-order valence-electron chi connectivity index (χ0n) is 9.84. The van der Waals surface area contributed by atoms with Crippen molar-refractivity contribution in [3.63, 3.8) is 0 Å². The van der Waals surface area contributed by atoms with E-state index in [1.165, 1.54) is 18.6 Å². The molecule has 1 heterocycles. The Kier molecular flexibility index (Phi) is 4.41. The van der Waals surface area contributed by atoms with Gasteiger partial charge < -0.3 is 9.52 Å². The van der Waals surface area contributed by atoms with Gasteiger partial charge >= 0.3 is 0 Å². The quantitative estimate of drug-likeness (QED) is 0.868. The maximum absolute atomic E-state index is 12.2. The third-order valence-electron chi connectivity index (χ3n) is 2.51. The molecule has 0 aliphatic rings. The number of benzene rings is 1. The monoisotopic (exact) mass is 345 g/mol. The van der Waals surface area contributed by atoms with Crippen LogP contribution in [0, 0.1) is 0 Å². The Hall–Kier alpha value is -1.15. The van der Waals surface area contributed by atoms with Gasteiger partial charge in [0.1, 0.15) is 0 Å². The van der Waals surface area contributed by atoms with E-state index in [1.54, 1.807) is 18.2 Å². The van der Waals surface area contributed by atoms with Gasteiger partial charge in [-0.25, -0.2) is 13.1 Å². The molecule has 2 rings (SSSR count). The minimum atomic E-state index is -3.65. The zero-order valence-corrected chi connectivity index (χ0v) is 12.2. The molecule has 0 spiro atoms. The number of aliphatic hydroxyl groups is 1. The van der Waals surface area contributed by atoms with Crippen LogP contribution in [0.1, 0.15) is 11.1 Å². The SMILES string of the molecule is O=S(=O)(NCc1ccoc1)c1cc(CO)ccc1Br. The molecule has 0 saturated carbocycles. The van der Waals surface area contributed by atoms with Crippen LogP contribution >= 0.6 is 15.9 Å². The Bertz CT molecular complexity index is 652. The molecule has 5 nitrogen and oxygen atoms in total. The van der Waals surface area contributed by atoms with Crippen LogP contribution in [0.2, 0.25) is 0 Å². The van der Waals surface area contributed by atoms with Crippen LogP contribution in [0.3, 0.4) is 0 Å². The standard InChI is InChI=1S/C12H12BrNO4S/c13-11-2-1-9(7-15)5-12(11)19(16,17)14-6-10-3-4-18-8-10/h1-5,8,14-15H,6-7H2. The molecule has 0 unspecified atom stereocenters. The molecule has 102 valence electrons. The second kappa shape index (κ2) is 5.87. The number of hydrogen-bond acceptors (Lipinski definition) is 4. The predicted octanol–water partition coefficient (Wildman–Crippen LogP) is 2.01. The highest BCUT2D eigenvalue weighted by molar-refractivity contribution is 9.10. The van der Waals surface area contributed by atoms with Gasteiger partial charge in [0, 0.05) is 16.6 Å². The summed E-state index contributed by atoms with van der Waals surface area (Å²) in [6.45, 7) is -0.0633. The lowest BCUT2D eigenvalue weighted by Crippen LogP contribution is -2.23. The second-order valence-corrected chi connectivity index (χ2v) is 6.47. The highest BCUT2D eigenvalue weighted by Crippen LogP contribution is 2.23. The minimum Gasteiger partial charge on any atom is -0.472 e. The molecule has 1 aromatic carbocycles. The summed E-state index contributed by atoms with van der Waals surface area (Å²) in [6.07, 6.45) is 2.95. The molecule has 0 bridgehead atoms. The smallest absolute Gasteiger partial charge is 0.242 e. The molecule has 0 saturated heterocycles. The molecule has 0 atom stereocenters. The molecule has 0 fully saturated rings. The van der Waals surface area contributed by atoms with Crippen LogP contribution in [-0.2, 0) is 23.2 Å². The fraction of sp³-hybridized carbons (Fsp3) is 0.167. The first kappa shape index (κ1) is 14.3. The van der Waals surface area contributed by atoms with Crippen LogP contribution in [-0.4, -0.2) is 13.5 Å². The summed E-state index contributed by atoms with van der Waals surface area (Å²) < 4.78 is 32.1. The first-order chi connectivity index (χ1) is 9.03. The van der Waals surface area contributed by atoms with Crippen molar-refractivity contribution in [3.05, 3.63) is 52.4 Å². The molecule has 0 aliphatic heterocycles. The molecule has 0 aliphatic carbocycles. The Labute approximate surface area is 119 Å². The van der Waals surface area contributed by atoms with Crippen molar-refractivity contribution in [1.82, 2.24) is 4.72 Å². The van der Waals surface area contributed by atoms with Crippen molar-refractivity contribution < 1.29 is 17.9 Å². The van der Waals surface area contributed by atoms with Gasteiger partial charge in [-0.05, 0) is 39.7 Å². The van der Waals surface area contributed by atoms with E-state index in [0.717, 1.165) is 5.56 Å². The van der Waals surface area contributed by atoms with E-state index in [0.29, 0.717) is 10.0 Å².